The Bertz CT molecular complexity index is 430. The average Bonchev–Trinajstić information content (AvgIpc) is 2.36. The van der Waals surface area contributed by atoms with Crippen molar-refractivity contribution >= 4 is 12.0 Å². The highest BCUT2D eigenvalue weighted by atomic mass is 16.6. The lowest BCUT2D eigenvalue weighted by atomic mass is 9.97. The van der Waals surface area contributed by atoms with Gasteiger partial charge >= 0.3 is 5.97 Å². The molecule has 0 N–H and O–H groups in total. The Morgan fingerprint density at radius 3 is 2.50 bits per heavy atom. The van der Waals surface area contributed by atoms with Gasteiger partial charge < -0.3 is 4.74 Å². The molecular weight excluding hydrogens is 248 g/mol. The van der Waals surface area contributed by atoms with Crippen LogP contribution >= 0.6 is 0 Å². The second-order valence-electron chi connectivity index (χ2n) is 6.21. The third-order valence-corrected chi connectivity index (χ3v) is 3.15. The molecule has 2 nitrogen and oxygen atoms in total. The molecule has 0 bridgehead atoms. The smallest absolute Gasteiger partial charge is 0.331 e. The van der Waals surface area contributed by atoms with Gasteiger partial charge in [-0.1, -0.05) is 50.6 Å². The SMILES string of the molecule is CC(C)CCCC(C)(C)OC(=O)/C=C/c1ccccc1. The normalized spacial score (nSPS) is 12.1. The van der Waals surface area contributed by atoms with E-state index in [-0.39, 0.29) is 5.97 Å². The van der Waals surface area contributed by atoms with Crippen LogP contribution < -0.4 is 0 Å². The van der Waals surface area contributed by atoms with Crippen molar-refractivity contribution in [3.05, 3.63) is 42.0 Å². The van der Waals surface area contributed by atoms with E-state index in [1.807, 2.05) is 44.2 Å². The largest absolute Gasteiger partial charge is 0.457 e. The molecule has 0 saturated carbocycles. The lowest BCUT2D eigenvalue weighted by molar-refractivity contribution is -0.150. The molecule has 0 aliphatic carbocycles. The van der Waals surface area contributed by atoms with Crippen molar-refractivity contribution in [3.8, 4) is 0 Å². The molecule has 20 heavy (non-hydrogen) atoms. The van der Waals surface area contributed by atoms with Gasteiger partial charge in [0.1, 0.15) is 5.60 Å². The highest BCUT2D eigenvalue weighted by molar-refractivity contribution is 5.87. The number of carbonyl (C=O) groups excluding carboxylic acids is 1. The van der Waals surface area contributed by atoms with Crippen LogP contribution in [0.25, 0.3) is 6.08 Å². The van der Waals surface area contributed by atoms with Crippen LogP contribution in [0.1, 0.15) is 52.5 Å². The first-order chi connectivity index (χ1) is 9.39. The van der Waals surface area contributed by atoms with Gasteiger partial charge in [-0.25, -0.2) is 4.79 Å². The number of rotatable bonds is 7. The van der Waals surface area contributed by atoms with Gasteiger partial charge in [0.2, 0.25) is 0 Å². The Balaban J connectivity index is 2.42. The van der Waals surface area contributed by atoms with E-state index in [1.54, 1.807) is 6.08 Å². The van der Waals surface area contributed by atoms with Crippen molar-refractivity contribution in [2.24, 2.45) is 5.92 Å². The highest BCUT2D eigenvalue weighted by Gasteiger charge is 2.21. The minimum atomic E-state index is -0.396. The third kappa shape index (κ3) is 7.13. The maximum absolute atomic E-state index is 11.8. The van der Waals surface area contributed by atoms with Crippen molar-refractivity contribution in [3.63, 3.8) is 0 Å². The van der Waals surface area contributed by atoms with Crippen LogP contribution in [0.3, 0.4) is 0 Å². The van der Waals surface area contributed by atoms with E-state index in [9.17, 15) is 4.79 Å². The summed E-state index contributed by atoms with van der Waals surface area (Å²) < 4.78 is 5.52. The van der Waals surface area contributed by atoms with Crippen LogP contribution in [0.15, 0.2) is 36.4 Å². The number of hydrogen-bond donors (Lipinski definition) is 0. The molecule has 0 unspecified atom stereocenters. The summed E-state index contributed by atoms with van der Waals surface area (Å²) in [7, 11) is 0. The number of benzene rings is 1. The second-order valence-corrected chi connectivity index (χ2v) is 6.21. The maximum Gasteiger partial charge on any atom is 0.331 e. The van der Waals surface area contributed by atoms with Crippen LogP contribution in [0.2, 0.25) is 0 Å². The van der Waals surface area contributed by atoms with Gasteiger partial charge in [0.05, 0.1) is 0 Å². The van der Waals surface area contributed by atoms with E-state index >= 15 is 0 Å². The monoisotopic (exact) mass is 274 g/mol. The first-order valence-corrected chi connectivity index (χ1v) is 7.35. The molecule has 0 atom stereocenters. The topological polar surface area (TPSA) is 26.3 Å². The molecule has 2 heteroatoms. The van der Waals surface area contributed by atoms with Crippen LogP contribution in [-0.4, -0.2) is 11.6 Å². The zero-order valence-corrected chi connectivity index (χ0v) is 13.1. The highest BCUT2D eigenvalue weighted by Crippen LogP contribution is 2.20. The Morgan fingerprint density at radius 1 is 1.25 bits per heavy atom. The molecule has 1 aromatic carbocycles. The molecule has 1 aromatic rings. The zero-order valence-electron chi connectivity index (χ0n) is 13.1. The Morgan fingerprint density at radius 2 is 1.90 bits per heavy atom. The van der Waals surface area contributed by atoms with E-state index in [0.29, 0.717) is 5.92 Å². The molecule has 110 valence electrons. The molecule has 1 rings (SSSR count). The lowest BCUT2D eigenvalue weighted by Gasteiger charge is -2.24. The zero-order chi connectivity index (χ0) is 15.0. The predicted octanol–water partition coefficient (Wildman–Crippen LogP) is 4.85. The molecule has 0 heterocycles. The lowest BCUT2D eigenvalue weighted by Crippen LogP contribution is -2.27. The van der Waals surface area contributed by atoms with Crippen molar-refractivity contribution in [1.29, 1.82) is 0 Å². The number of hydrogen-bond acceptors (Lipinski definition) is 2. The van der Waals surface area contributed by atoms with Crippen molar-refractivity contribution in [2.75, 3.05) is 0 Å². The standard InChI is InChI=1S/C18H26O2/c1-15(2)9-8-14-18(3,4)20-17(19)13-12-16-10-6-5-7-11-16/h5-7,10-13,15H,8-9,14H2,1-4H3/b13-12+. The van der Waals surface area contributed by atoms with E-state index < -0.39 is 5.60 Å². The summed E-state index contributed by atoms with van der Waals surface area (Å²) in [5, 5.41) is 0. The first-order valence-electron chi connectivity index (χ1n) is 7.35. The predicted molar refractivity (Wildman–Crippen MR) is 84.3 cm³/mol. The maximum atomic E-state index is 11.8. The summed E-state index contributed by atoms with van der Waals surface area (Å²) in [5.41, 5.74) is 0.606. The molecule has 0 aliphatic rings. The number of esters is 1. The van der Waals surface area contributed by atoms with Gasteiger partial charge in [-0.3, -0.25) is 0 Å². The molecule has 0 radical (unpaired) electrons. The van der Waals surface area contributed by atoms with E-state index in [0.717, 1.165) is 18.4 Å². The summed E-state index contributed by atoms with van der Waals surface area (Å²) in [6, 6.07) is 9.75. The fourth-order valence-corrected chi connectivity index (χ4v) is 2.02. The average molecular weight is 274 g/mol. The summed E-state index contributed by atoms with van der Waals surface area (Å²) >= 11 is 0. The van der Waals surface area contributed by atoms with Gasteiger partial charge in [-0.15, -0.1) is 0 Å². The summed E-state index contributed by atoms with van der Waals surface area (Å²) in [6.45, 7) is 8.37. The summed E-state index contributed by atoms with van der Waals surface area (Å²) in [4.78, 5) is 11.8. The molecule has 0 amide bonds. The van der Waals surface area contributed by atoms with Crippen molar-refractivity contribution in [1.82, 2.24) is 0 Å². The molecular formula is C18H26O2. The molecule has 0 aromatic heterocycles. The summed E-state index contributed by atoms with van der Waals surface area (Å²) in [6.07, 6.45) is 6.43. The van der Waals surface area contributed by atoms with E-state index in [4.69, 9.17) is 4.74 Å². The van der Waals surface area contributed by atoms with E-state index in [1.165, 1.54) is 12.5 Å². The van der Waals surface area contributed by atoms with Gasteiger partial charge in [-0.2, -0.15) is 0 Å². The molecule has 0 spiro atoms. The van der Waals surface area contributed by atoms with Crippen LogP contribution in [-0.2, 0) is 9.53 Å². The van der Waals surface area contributed by atoms with Gasteiger partial charge in [0.15, 0.2) is 0 Å². The molecule has 0 saturated heterocycles. The van der Waals surface area contributed by atoms with Crippen molar-refractivity contribution in [2.45, 2.75) is 52.6 Å². The molecule has 0 fully saturated rings. The van der Waals surface area contributed by atoms with E-state index in [2.05, 4.69) is 13.8 Å². The van der Waals surface area contributed by atoms with Gasteiger partial charge in [-0.05, 0) is 44.2 Å². The Kier molecular flexibility index (Phi) is 6.50. The minimum Gasteiger partial charge on any atom is -0.457 e. The number of ether oxygens (including phenoxy) is 1. The fourth-order valence-electron chi connectivity index (χ4n) is 2.02. The quantitative estimate of drug-likeness (QED) is 0.525. The van der Waals surface area contributed by atoms with Crippen LogP contribution in [0.4, 0.5) is 0 Å². The Hall–Kier alpha value is -1.57. The van der Waals surface area contributed by atoms with Crippen LogP contribution in [0, 0.1) is 5.92 Å². The molecule has 0 aliphatic heterocycles. The van der Waals surface area contributed by atoms with Gasteiger partial charge in [0.25, 0.3) is 0 Å². The summed E-state index contributed by atoms with van der Waals surface area (Å²) in [5.74, 6) is 0.419. The second kappa shape index (κ2) is 7.88. The fraction of sp³-hybridized carbons (Fsp3) is 0.500. The third-order valence-electron chi connectivity index (χ3n) is 3.15. The van der Waals surface area contributed by atoms with Gasteiger partial charge in [0, 0.05) is 6.08 Å². The van der Waals surface area contributed by atoms with Crippen LogP contribution in [0.5, 0.6) is 0 Å². The minimum absolute atomic E-state index is 0.275. The van der Waals surface area contributed by atoms with Crippen molar-refractivity contribution < 1.29 is 9.53 Å². The number of carbonyl (C=O) groups is 1. The Labute approximate surface area is 122 Å². The first kappa shape index (κ1) is 16.5.